The first kappa shape index (κ1) is 8.30. The van der Waals surface area contributed by atoms with Gasteiger partial charge in [-0.3, -0.25) is 3.53 Å². The minimum absolute atomic E-state index is 0.789. The van der Waals surface area contributed by atoms with E-state index in [0.717, 1.165) is 11.6 Å². The quantitative estimate of drug-likeness (QED) is 0.642. The van der Waals surface area contributed by atoms with Crippen LogP contribution in [-0.4, -0.2) is 0 Å². The number of benzene rings is 1. The Balaban J connectivity index is 2.69. The number of halogens is 2. The Labute approximate surface area is 79.3 Å². The lowest BCUT2D eigenvalue weighted by molar-refractivity contribution is 1.01. The SMILES string of the molecule is Clc1ccc(CNI)cc1. The van der Waals surface area contributed by atoms with Crippen LogP contribution in [0.1, 0.15) is 5.56 Å². The highest BCUT2D eigenvalue weighted by Crippen LogP contribution is 2.09. The van der Waals surface area contributed by atoms with Crippen LogP contribution < -0.4 is 3.53 Å². The predicted octanol–water partition coefficient (Wildman–Crippen LogP) is 2.78. The van der Waals surface area contributed by atoms with Crippen molar-refractivity contribution >= 4 is 34.5 Å². The fourth-order valence-corrected chi connectivity index (χ4v) is 1.25. The van der Waals surface area contributed by atoms with Crippen LogP contribution in [0.3, 0.4) is 0 Å². The summed E-state index contributed by atoms with van der Waals surface area (Å²) in [7, 11) is 0. The summed E-state index contributed by atoms with van der Waals surface area (Å²) >= 11 is 7.81. The Morgan fingerprint density at radius 1 is 1.30 bits per heavy atom. The van der Waals surface area contributed by atoms with Crippen LogP contribution in [0.25, 0.3) is 0 Å². The molecule has 0 heterocycles. The molecule has 0 saturated carbocycles. The molecule has 0 aromatic heterocycles. The minimum Gasteiger partial charge on any atom is -0.257 e. The lowest BCUT2D eigenvalue weighted by atomic mass is 10.2. The third-order valence-corrected chi connectivity index (χ3v) is 1.82. The summed E-state index contributed by atoms with van der Waals surface area (Å²) in [6, 6.07) is 7.80. The molecule has 1 rings (SSSR count). The van der Waals surface area contributed by atoms with E-state index < -0.39 is 0 Å². The zero-order valence-electron chi connectivity index (χ0n) is 5.27. The van der Waals surface area contributed by atoms with Crippen molar-refractivity contribution in [2.45, 2.75) is 6.54 Å². The molecule has 1 nitrogen and oxygen atoms in total. The number of nitrogens with one attached hydrogen (secondary N) is 1. The molecule has 0 fully saturated rings. The van der Waals surface area contributed by atoms with E-state index in [2.05, 4.69) is 26.4 Å². The van der Waals surface area contributed by atoms with Crippen LogP contribution in [0.4, 0.5) is 0 Å². The number of hydrogen-bond acceptors (Lipinski definition) is 1. The van der Waals surface area contributed by atoms with Gasteiger partial charge in [-0.25, -0.2) is 0 Å². The van der Waals surface area contributed by atoms with Crippen molar-refractivity contribution in [1.29, 1.82) is 0 Å². The van der Waals surface area contributed by atoms with Crippen molar-refractivity contribution in [2.24, 2.45) is 0 Å². The Morgan fingerprint density at radius 3 is 2.40 bits per heavy atom. The molecule has 1 N–H and O–H groups in total. The topological polar surface area (TPSA) is 12.0 Å². The van der Waals surface area contributed by atoms with Gasteiger partial charge in [0.2, 0.25) is 0 Å². The second-order valence-electron chi connectivity index (χ2n) is 1.94. The molecule has 0 spiro atoms. The molecule has 3 heteroatoms. The Hall–Kier alpha value is 0.200. The Bertz CT molecular complexity index is 197. The lowest BCUT2D eigenvalue weighted by Crippen LogP contribution is -1.95. The first-order chi connectivity index (χ1) is 4.83. The van der Waals surface area contributed by atoms with Crippen LogP contribution in [0.5, 0.6) is 0 Å². The van der Waals surface area contributed by atoms with Gasteiger partial charge < -0.3 is 0 Å². The maximum atomic E-state index is 5.69. The van der Waals surface area contributed by atoms with E-state index in [1.807, 2.05) is 24.3 Å². The monoisotopic (exact) mass is 267 g/mol. The Kier molecular flexibility index (Phi) is 3.45. The van der Waals surface area contributed by atoms with Crippen molar-refractivity contribution in [1.82, 2.24) is 3.53 Å². The maximum Gasteiger partial charge on any atom is 0.0406 e. The highest BCUT2D eigenvalue weighted by molar-refractivity contribution is 14.1. The van der Waals surface area contributed by atoms with Crippen molar-refractivity contribution in [3.05, 3.63) is 34.9 Å². The summed E-state index contributed by atoms with van der Waals surface area (Å²) in [5, 5.41) is 0.789. The molecular formula is C7H7ClIN. The first-order valence-electron chi connectivity index (χ1n) is 2.91. The van der Waals surface area contributed by atoms with Crippen LogP contribution in [-0.2, 0) is 6.54 Å². The van der Waals surface area contributed by atoms with E-state index in [0.29, 0.717) is 0 Å². The van der Waals surface area contributed by atoms with Gasteiger partial charge in [0, 0.05) is 34.4 Å². The normalized spacial score (nSPS) is 9.80. The molecule has 0 amide bonds. The van der Waals surface area contributed by atoms with Gasteiger partial charge in [0.1, 0.15) is 0 Å². The van der Waals surface area contributed by atoms with Crippen molar-refractivity contribution < 1.29 is 0 Å². The second kappa shape index (κ2) is 4.16. The summed E-state index contributed by atoms with van der Waals surface area (Å²) in [6.07, 6.45) is 0. The molecular weight excluding hydrogens is 260 g/mol. The zero-order chi connectivity index (χ0) is 7.40. The fraction of sp³-hybridized carbons (Fsp3) is 0.143. The van der Waals surface area contributed by atoms with E-state index in [-0.39, 0.29) is 0 Å². The van der Waals surface area contributed by atoms with E-state index in [4.69, 9.17) is 11.6 Å². The largest absolute Gasteiger partial charge is 0.257 e. The number of hydrogen-bond donors (Lipinski definition) is 1. The van der Waals surface area contributed by atoms with Crippen molar-refractivity contribution in [2.75, 3.05) is 0 Å². The average Bonchev–Trinajstić information content (AvgIpc) is 1.95. The van der Waals surface area contributed by atoms with Gasteiger partial charge in [-0.15, -0.1) is 0 Å². The van der Waals surface area contributed by atoms with Gasteiger partial charge in [-0.2, -0.15) is 0 Å². The molecule has 10 heavy (non-hydrogen) atoms. The smallest absolute Gasteiger partial charge is 0.0406 e. The van der Waals surface area contributed by atoms with Gasteiger partial charge in [0.25, 0.3) is 0 Å². The third-order valence-electron chi connectivity index (χ3n) is 1.18. The average molecular weight is 267 g/mol. The van der Waals surface area contributed by atoms with E-state index in [1.54, 1.807) is 0 Å². The van der Waals surface area contributed by atoms with E-state index in [9.17, 15) is 0 Å². The van der Waals surface area contributed by atoms with Gasteiger partial charge in [0.05, 0.1) is 0 Å². The third kappa shape index (κ3) is 2.44. The summed E-state index contributed by atoms with van der Waals surface area (Å²) in [5.74, 6) is 0. The Morgan fingerprint density at radius 2 is 1.90 bits per heavy atom. The van der Waals surface area contributed by atoms with Crippen LogP contribution >= 0.6 is 34.5 Å². The first-order valence-corrected chi connectivity index (χ1v) is 4.36. The zero-order valence-corrected chi connectivity index (χ0v) is 8.19. The second-order valence-corrected chi connectivity index (χ2v) is 3.14. The lowest BCUT2D eigenvalue weighted by Gasteiger charge is -1.96. The van der Waals surface area contributed by atoms with Gasteiger partial charge in [-0.1, -0.05) is 23.7 Å². The van der Waals surface area contributed by atoms with Gasteiger partial charge >= 0.3 is 0 Å². The molecule has 0 saturated heterocycles. The molecule has 54 valence electrons. The minimum atomic E-state index is 0.789. The molecule has 0 radical (unpaired) electrons. The van der Waals surface area contributed by atoms with Crippen molar-refractivity contribution in [3.8, 4) is 0 Å². The van der Waals surface area contributed by atoms with Crippen LogP contribution in [0, 0.1) is 0 Å². The van der Waals surface area contributed by atoms with Crippen LogP contribution in [0.2, 0.25) is 5.02 Å². The summed E-state index contributed by atoms with van der Waals surface area (Å²) in [5.41, 5.74) is 1.25. The molecule has 1 aromatic rings. The van der Waals surface area contributed by atoms with Crippen LogP contribution in [0.15, 0.2) is 24.3 Å². The molecule has 1 aromatic carbocycles. The highest BCUT2D eigenvalue weighted by atomic mass is 127. The molecule has 0 unspecified atom stereocenters. The number of rotatable bonds is 2. The molecule has 0 aliphatic carbocycles. The fourth-order valence-electron chi connectivity index (χ4n) is 0.679. The summed E-state index contributed by atoms with van der Waals surface area (Å²) in [6.45, 7) is 0.887. The van der Waals surface area contributed by atoms with Crippen molar-refractivity contribution in [3.63, 3.8) is 0 Å². The maximum absolute atomic E-state index is 5.69. The molecule has 0 bridgehead atoms. The van der Waals surface area contributed by atoms with Gasteiger partial charge in [0.15, 0.2) is 0 Å². The molecule has 0 aliphatic rings. The molecule has 0 atom stereocenters. The standard InChI is InChI=1S/C7H7ClIN/c8-7-3-1-6(2-4-7)5-10-9/h1-4,10H,5H2. The molecule has 0 aliphatic heterocycles. The van der Waals surface area contributed by atoms with E-state index >= 15 is 0 Å². The van der Waals surface area contributed by atoms with Gasteiger partial charge in [-0.05, 0) is 17.7 Å². The highest BCUT2D eigenvalue weighted by Gasteiger charge is 1.89. The summed E-state index contributed by atoms with van der Waals surface area (Å²) < 4.78 is 3.03. The van der Waals surface area contributed by atoms with E-state index in [1.165, 1.54) is 5.56 Å². The predicted molar refractivity (Wildman–Crippen MR) is 52.3 cm³/mol. The summed E-state index contributed by atoms with van der Waals surface area (Å²) in [4.78, 5) is 0.